The van der Waals surface area contributed by atoms with Gasteiger partial charge in [-0.15, -0.1) is 0 Å². The number of fused-ring (bicyclic) bond motifs is 1. The van der Waals surface area contributed by atoms with E-state index < -0.39 is 0 Å². The van der Waals surface area contributed by atoms with Gasteiger partial charge in [0.15, 0.2) is 0 Å². The van der Waals surface area contributed by atoms with Gasteiger partial charge in [0, 0.05) is 0 Å². The smallest absolute Gasteiger partial charge is 0.0181 e. The fourth-order valence-electron chi connectivity index (χ4n) is 2.93. The first-order valence-corrected chi connectivity index (χ1v) is 8.35. The summed E-state index contributed by atoms with van der Waals surface area (Å²) in [5.74, 6) is 0. The van der Waals surface area contributed by atoms with Crippen LogP contribution in [0.4, 0.5) is 0 Å². The summed E-state index contributed by atoms with van der Waals surface area (Å²) in [6.45, 7) is 4.56. The van der Waals surface area contributed by atoms with Crippen molar-refractivity contribution in [3.63, 3.8) is 0 Å². The molecule has 108 valence electrons. The molecule has 2 aromatic rings. The summed E-state index contributed by atoms with van der Waals surface area (Å²) in [7, 11) is 0. The predicted octanol–water partition coefficient (Wildman–Crippen LogP) is 6.31. The predicted molar refractivity (Wildman–Crippen MR) is 90.4 cm³/mol. The lowest BCUT2D eigenvalue weighted by atomic mass is 9.94. The molecule has 20 heavy (non-hydrogen) atoms. The van der Waals surface area contributed by atoms with Crippen LogP contribution in [0.3, 0.4) is 0 Å². The zero-order valence-electron chi connectivity index (χ0n) is 13.1. The number of benzene rings is 2. The molecule has 0 heterocycles. The average molecular weight is 268 g/mol. The summed E-state index contributed by atoms with van der Waals surface area (Å²) in [6, 6.07) is 13.7. The molecule has 0 aliphatic carbocycles. The summed E-state index contributed by atoms with van der Waals surface area (Å²) in [6.07, 6.45) is 10.5. The topological polar surface area (TPSA) is 0 Å². The van der Waals surface area contributed by atoms with Crippen molar-refractivity contribution in [2.75, 3.05) is 0 Å². The zero-order chi connectivity index (χ0) is 14.2. The molecule has 0 heteroatoms. The quantitative estimate of drug-likeness (QED) is 0.492. The first kappa shape index (κ1) is 15.1. The van der Waals surface area contributed by atoms with Crippen LogP contribution in [0.15, 0.2) is 36.4 Å². The summed E-state index contributed by atoms with van der Waals surface area (Å²) >= 11 is 0. The van der Waals surface area contributed by atoms with Crippen molar-refractivity contribution >= 4 is 10.8 Å². The Morgan fingerprint density at radius 2 is 1.10 bits per heavy atom. The third-order valence-corrected chi connectivity index (χ3v) is 4.17. The monoisotopic (exact) mass is 268 g/mol. The zero-order valence-corrected chi connectivity index (χ0v) is 13.1. The lowest BCUT2D eigenvalue weighted by molar-refractivity contribution is 0.694. The van der Waals surface area contributed by atoms with Crippen molar-refractivity contribution in [1.82, 2.24) is 0 Å². The maximum atomic E-state index is 2.44. The van der Waals surface area contributed by atoms with E-state index >= 15 is 0 Å². The van der Waals surface area contributed by atoms with Crippen LogP contribution < -0.4 is 0 Å². The second-order valence-electron chi connectivity index (χ2n) is 5.88. The minimum absolute atomic E-state index is 1.25. The van der Waals surface area contributed by atoms with Crippen LogP contribution in [0.25, 0.3) is 10.8 Å². The van der Waals surface area contributed by atoms with Crippen molar-refractivity contribution in [2.24, 2.45) is 0 Å². The molecule has 0 saturated carbocycles. The number of aryl methyl sites for hydroxylation is 2. The van der Waals surface area contributed by atoms with Gasteiger partial charge in [-0.3, -0.25) is 0 Å². The molecule has 0 aliphatic heterocycles. The molecule has 0 nitrogen and oxygen atoms in total. The maximum Gasteiger partial charge on any atom is -0.0181 e. The fraction of sp³-hybridized carbons (Fsp3) is 0.500. The second kappa shape index (κ2) is 8.09. The highest BCUT2D eigenvalue weighted by atomic mass is 14.1. The molecule has 0 bridgehead atoms. The van der Waals surface area contributed by atoms with Gasteiger partial charge in [0.05, 0.1) is 0 Å². The second-order valence-corrected chi connectivity index (χ2v) is 5.88. The maximum absolute atomic E-state index is 2.44. The minimum atomic E-state index is 1.25. The summed E-state index contributed by atoms with van der Waals surface area (Å²) in [5, 5.41) is 2.80. The number of rotatable bonds is 8. The van der Waals surface area contributed by atoms with Crippen LogP contribution in [-0.4, -0.2) is 0 Å². The highest BCUT2D eigenvalue weighted by Crippen LogP contribution is 2.23. The van der Waals surface area contributed by atoms with Gasteiger partial charge in [-0.25, -0.2) is 0 Å². The summed E-state index contributed by atoms with van der Waals surface area (Å²) < 4.78 is 0. The molecule has 0 saturated heterocycles. The Balaban J connectivity index is 2.21. The molecule has 0 atom stereocenters. The van der Waals surface area contributed by atoms with Gasteiger partial charge in [0.25, 0.3) is 0 Å². The number of hydrogen-bond acceptors (Lipinski definition) is 0. The molecular formula is C20H28. The standard InChI is InChI=1S/C20H28/c1-3-5-7-11-17-15-19-13-9-10-14-20(19)16-18(17)12-8-6-4-2/h9-10,13-16H,3-8,11-12H2,1-2H3. The van der Waals surface area contributed by atoms with Crippen molar-refractivity contribution in [1.29, 1.82) is 0 Å². The first-order chi connectivity index (χ1) is 9.85. The Bertz CT molecular complexity index is 476. The molecule has 0 N–H and O–H groups in total. The largest absolute Gasteiger partial charge is 0.0654 e. The molecule has 0 amide bonds. The molecule has 0 aliphatic rings. The Hall–Kier alpha value is -1.30. The van der Waals surface area contributed by atoms with E-state index in [9.17, 15) is 0 Å². The van der Waals surface area contributed by atoms with Crippen molar-refractivity contribution in [3.05, 3.63) is 47.5 Å². The van der Waals surface area contributed by atoms with Gasteiger partial charge in [-0.2, -0.15) is 0 Å². The van der Waals surface area contributed by atoms with Gasteiger partial charge in [-0.1, -0.05) is 75.9 Å². The third-order valence-electron chi connectivity index (χ3n) is 4.17. The van der Waals surface area contributed by atoms with Gasteiger partial charge < -0.3 is 0 Å². The van der Waals surface area contributed by atoms with E-state index in [1.807, 2.05) is 0 Å². The molecule has 0 fully saturated rings. The fourth-order valence-corrected chi connectivity index (χ4v) is 2.93. The van der Waals surface area contributed by atoms with E-state index in [2.05, 4.69) is 50.2 Å². The molecule has 0 aromatic heterocycles. The SMILES string of the molecule is CCCCCc1cc2ccccc2cc1CCCCC. The van der Waals surface area contributed by atoms with E-state index in [0.29, 0.717) is 0 Å². The van der Waals surface area contributed by atoms with Gasteiger partial charge in [-0.05, 0) is 47.6 Å². The molecule has 2 rings (SSSR count). The normalized spacial score (nSPS) is 11.1. The van der Waals surface area contributed by atoms with Crippen molar-refractivity contribution < 1.29 is 0 Å². The molecular weight excluding hydrogens is 240 g/mol. The summed E-state index contributed by atoms with van der Waals surface area (Å²) in [5.41, 5.74) is 3.18. The Morgan fingerprint density at radius 1 is 0.650 bits per heavy atom. The first-order valence-electron chi connectivity index (χ1n) is 8.35. The van der Waals surface area contributed by atoms with E-state index in [1.54, 1.807) is 11.1 Å². The molecule has 0 radical (unpaired) electrons. The van der Waals surface area contributed by atoms with E-state index in [-0.39, 0.29) is 0 Å². The van der Waals surface area contributed by atoms with Gasteiger partial charge in [0.1, 0.15) is 0 Å². The van der Waals surface area contributed by atoms with E-state index in [0.717, 1.165) is 0 Å². The van der Waals surface area contributed by atoms with E-state index in [4.69, 9.17) is 0 Å². The lowest BCUT2D eigenvalue weighted by Gasteiger charge is -2.12. The van der Waals surface area contributed by atoms with Crippen molar-refractivity contribution in [3.8, 4) is 0 Å². The van der Waals surface area contributed by atoms with Crippen LogP contribution in [0.2, 0.25) is 0 Å². The highest BCUT2D eigenvalue weighted by Gasteiger charge is 2.05. The van der Waals surface area contributed by atoms with Gasteiger partial charge in [0.2, 0.25) is 0 Å². The average Bonchev–Trinajstić information content (AvgIpc) is 2.48. The minimum Gasteiger partial charge on any atom is -0.0654 e. The van der Waals surface area contributed by atoms with Crippen LogP contribution in [0, 0.1) is 0 Å². The van der Waals surface area contributed by atoms with Crippen LogP contribution in [0.5, 0.6) is 0 Å². The van der Waals surface area contributed by atoms with Crippen LogP contribution >= 0.6 is 0 Å². The van der Waals surface area contributed by atoms with E-state index in [1.165, 1.54) is 62.1 Å². The summed E-state index contributed by atoms with van der Waals surface area (Å²) in [4.78, 5) is 0. The van der Waals surface area contributed by atoms with Crippen molar-refractivity contribution in [2.45, 2.75) is 65.2 Å². The third kappa shape index (κ3) is 4.10. The molecule has 2 aromatic carbocycles. The van der Waals surface area contributed by atoms with Crippen LogP contribution in [-0.2, 0) is 12.8 Å². The lowest BCUT2D eigenvalue weighted by Crippen LogP contribution is -1.96. The van der Waals surface area contributed by atoms with Crippen LogP contribution in [0.1, 0.15) is 63.5 Å². The van der Waals surface area contributed by atoms with Gasteiger partial charge >= 0.3 is 0 Å². The Labute approximate surface area is 124 Å². The number of unbranched alkanes of at least 4 members (excludes halogenated alkanes) is 4. The molecule has 0 spiro atoms. The Kier molecular flexibility index (Phi) is 6.11. The number of hydrogen-bond donors (Lipinski definition) is 0. The Morgan fingerprint density at radius 3 is 1.50 bits per heavy atom. The highest BCUT2D eigenvalue weighted by molar-refractivity contribution is 5.84. The molecule has 0 unspecified atom stereocenters.